The van der Waals surface area contributed by atoms with Gasteiger partial charge in [0, 0.05) is 4.47 Å². The largest absolute Gasteiger partial charge is 0.478 e. The first-order chi connectivity index (χ1) is 6.27. The Morgan fingerprint density at radius 2 is 2.31 bits per heavy atom. The van der Waals surface area contributed by atoms with Crippen molar-refractivity contribution in [3.8, 4) is 11.8 Å². The number of hydrogen-bond donors (Lipinski definition) is 0. The minimum atomic E-state index is 0.106. The van der Waals surface area contributed by atoms with Crippen molar-refractivity contribution in [1.29, 1.82) is 5.26 Å². The van der Waals surface area contributed by atoms with E-state index in [0.717, 1.165) is 22.2 Å². The summed E-state index contributed by atoms with van der Waals surface area (Å²) in [6.07, 6.45) is 0.903. The molecule has 0 spiro atoms. The van der Waals surface area contributed by atoms with Crippen molar-refractivity contribution in [3.05, 3.63) is 28.2 Å². The molecule has 68 valence electrons. The summed E-state index contributed by atoms with van der Waals surface area (Å²) in [4.78, 5) is 0. The number of halogens is 1. The van der Waals surface area contributed by atoms with Crippen LogP contribution in [0.1, 0.15) is 12.5 Å². The van der Waals surface area contributed by atoms with Gasteiger partial charge in [-0.3, -0.25) is 0 Å². The molecule has 0 saturated carbocycles. The molecule has 0 saturated heterocycles. The summed E-state index contributed by atoms with van der Waals surface area (Å²) in [6.45, 7) is 2.16. The number of hydrogen-bond acceptors (Lipinski definition) is 2. The first kappa shape index (κ1) is 10.1. The Hall–Kier alpha value is -1.01. The van der Waals surface area contributed by atoms with E-state index in [1.807, 2.05) is 24.3 Å². The fraction of sp³-hybridized carbons (Fsp3) is 0.300. The Morgan fingerprint density at radius 3 is 2.92 bits per heavy atom. The van der Waals surface area contributed by atoms with Gasteiger partial charge in [0.2, 0.25) is 0 Å². The van der Waals surface area contributed by atoms with Gasteiger partial charge in [-0.1, -0.05) is 22.9 Å². The first-order valence-corrected chi connectivity index (χ1v) is 4.85. The lowest BCUT2D eigenvalue weighted by Gasteiger charge is -2.07. The topological polar surface area (TPSA) is 33.0 Å². The van der Waals surface area contributed by atoms with Crippen LogP contribution in [0.2, 0.25) is 0 Å². The SMILES string of the molecule is CCc1cc(Br)ccc1OCC#N. The minimum absolute atomic E-state index is 0.106. The monoisotopic (exact) mass is 239 g/mol. The predicted octanol–water partition coefficient (Wildman–Crippen LogP) is 2.91. The van der Waals surface area contributed by atoms with Crippen LogP contribution in [0.3, 0.4) is 0 Å². The van der Waals surface area contributed by atoms with Crippen molar-refractivity contribution >= 4 is 15.9 Å². The van der Waals surface area contributed by atoms with Crippen molar-refractivity contribution in [3.63, 3.8) is 0 Å². The Morgan fingerprint density at radius 1 is 1.54 bits per heavy atom. The van der Waals surface area contributed by atoms with E-state index in [1.54, 1.807) is 0 Å². The molecule has 0 unspecified atom stereocenters. The highest BCUT2D eigenvalue weighted by atomic mass is 79.9. The van der Waals surface area contributed by atoms with Gasteiger partial charge in [-0.25, -0.2) is 0 Å². The molecule has 0 N–H and O–H groups in total. The molecule has 0 aliphatic carbocycles. The number of benzene rings is 1. The van der Waals surface area contributed by atoms with Gasteiger partial charge in [-0.15, -0.1) is 0 Å². The van der Waals surface area contributed by atoms with E-state index in [4.69, 9.17) is 10.00 Å². The van der Waals surface area contributed by atoms with Crippen molar-refractivity contribution < 1.29 is 4.74 Å². The number of rotatable bonds is 3. The van der Waals surface area contributed by atoms with Gasteiger partial charge in [-0.2, -0.15) is 5.26 Å². The Balaban J connectivity index is 2.87. The third-order valence-electron chi connectivity index (χ3n) is 1.70. The lowest BCUT2D eigenvalue weighted by molar-refractivity contribution is 0.364. The predicted molar refractivity (Wildman–Crippen MR) is 54.6 cm³/mol. The molecule has 1 rings (SSSR count). The summed E-state index contributed by atoms with van der Waals surface area (Å²) in [5.41, 5.74) is 1.12. The summed E-state index contributed by atoms with van der Waals surface area (Å²) >= 11 is 3.38. The second-order valence-corrected chi connectivity index (χ2v) is 3.47. The van der Waals surface area contributed by atoms with Crippen molar-refractivity contribution in [2.45, 2.75) is 13.3 Å². The van der Waals surface area contributed by atoms with E-state index in [9.17, 15) is 0 Å². The molecule has 0 bridgehead atoms. The maximum atomic E-state index is 8.36. The van der Waals surface area contributed by atoms with Gasteiger partial charge >= 0.3 is 0 Å². The molecular formula is C10H10BrNO. The highest BCUT2D eigenvalue weighted by Crippen LogP contribution is 2.23. The molecule has 0 fully saturated rings. The zero-order valence-electron chi connectivity index (χ0n) is 7.38. The van der Waals surface area contributed by atoms with Gasteiger partial charge in [0.25, 0.3) is 0 Å². The molecular weight excluding hydrogens is 230 g/mol. The molecule has 0 aromatic heterocycles. The summed E-state index contributed by atoms with van der Waals surface area (Å²) in [7, 11) is 0. The highest BCUT2D eigenvalue weighted by Gasteiger charge is 2.01. The number of nitriles is 1. The van der Waals surface area contributed by atoms with Crippen LogP contribution < -0.4 is 4.74 Å². The van der Waals surface area contributed by atoms with Crippen LogP contribution in [0.15, 0.2) is 22.7 Å². The zero-order valence-corrected chi connectivity index (χ0v) is 8.97. The molecule has 1 aromatic rings. The zero-order chi connectivity index (χ0) is 9.68. The Bertz CT molecular complexity index is 330. The normalized spacial score (nSPS) is 9.31. The van der Waals surface area contributed by atoms with Gasteiger partial charge in [0.15, 0.2) is 6.61 Å². The first-order valence-electron chi connectivity index (χ1n) is 4.06. The van der Waals surface area contributed by atoms with E-state index in [2.05, 4.69) is 22.9 Å². The van der Waals surface area contributed by atoms with Crippen molar-refractivity contribution in [2.24, 2.45) is 0 Å². The van der Waals surface area contributed by atoms with Crippen LogP contribution in [0.4, 0.5) is 0 Å². The summed E-state index contributed by atoms with van der Waals surface area (Å²) in [5, 5.41) is 8.36. The third-order valence-corrected chi connectivity index (χ3v) is 2.19. The molecule has 0 heterocycles. The van der Waals surface area contributed by atoms with Crippen LogP contribution in [0.25, 0.3) is 0 Å². The number of ether oxygens (including phenoxy) is 1. The van der Waals surface area contributed by atoms with Gasteiger partial charge < -0.3 is 4.74 Å². The maximum absolute atomic E-state index is 8.36. The molecule has 3 heteroatoms. The van der Waals surface area contributed by atoms with Crippen LogP contribution in [0, 0.1) is 11.3 Å². The van der Waals surface area contributed by atoms with Crippen molar-refractivity contribution in [2.75, 3.05) is 6.61 Å². The molecule has 0 aliphatic rings. The van der Waals surface area contributed by atoms with E-state index in [1.165, 1.54) is 0 Å². The molecule has 0 atom stereocenters. The maximum Gasteiger partial charge on any atom is 0.174 e. The van der Waals surface area contributed by atoms with Crippen LogP contribution in [0.5, 0.6) is 5.75 Å². The Kier molecular flexibility index (Phi) is 3.78. The quantitative estimate of drug-likeness (QED) is 0.813. The van der Waals surface area contributed by atoms with Crippen LogP contribution in [-0.2, 0) is 6.42 Å². The molecule has 13 heavy (non-hydrogen) atoms. The smallest absolute Gasteiger partial charge is 0.174 e. The van der Waals surface area contributed by atoms with Gasteiger partial charge in [0.1, 0.15) is 11.8 Å². The van der Waals surface area contributed by atoms with E-state index < -0.39 is 0 Å². The Labute approximate surface area is 86.3 Å². The third kappa shape index (κ3) is 2.74. The molecule has 0 aliphatic heterocycles. The van der Waals surface area contributed by atoms with Crippen molar-refractivity contribution in [1.82, 2.24) is 0 Å². The van der Waals surface area contributed by atoms with E-state index >= 15 is 0 Å². The molecule has 0 radical (unpaired) electrons. The fourth-order valence-electron chi connectivity index (χ4n) is 1.08. The average Bonchev–Trinajstić information content (AvgIpc) is 2.16. The summed E-state index contributed by atoms with van der Waals surface area (Å²) in [6, 6.07) is 7.74. The molecule has 2 nitrogen and oxygen atoms in total. The van der Waals surface area contributed by atoms with Crippen LogP contribution >= 0.6 is 15.9 Å². The number of aryl methyl sites for hydroxylation is 1. The lowest BCUT2D eigenvalue weighted by Crippen LogP contribution is -1.96. The second kappa shape index (κ2) is 4.88. The minimum Gasteiger partial charge on any atom is -0.478 e. The van der Waals surface area contributed by atoms with E-state index in [-0.39, 0.29) is 6.61 Å². The summed E-state index contributed by atoms with van der Waals surface area (Å²) < 4.78 is 6.29. The van der Waals surface area contributed by atoms with Crippen LogP contribution in [-0.4, -0.2) is 6.61 Å². The standard InChI is InChI=1S/C10H10BrNO/c1-2-8-7-9(11)3-4-10(8)13-6-5-12/h3-4,7H,2,6H2,1H3. The molecule has 0 amide bonds. The highest BCUT2D eigenvalue weighted by molar-refractivity contribution is 9.10. The molecule has 1 aromatic carbocycles. The summed E-state index contributed by atoms with van der Waals surface area (Å²) in [5.74, 6) is 0.798. The average molecular weight is 240 g/mol. The number of nitrogens with zero attached hydrogens (tertiary/aromatic N) is 1. The fourth-order valence-corrected chi connectivity index (χ4v) is 1.48. The lowest BCUT2D eigenvalue weighted by atomic mass is 10.1. The van der Waals surface area contributed by atoms with Gasteiger partial charge in [-0.05, 0) is 30.2 Å². The second-order valence-electron chi connectivity index (χ2n) is 2.55. The van der Waals surface area contributed by atoms with E-state index in [0.29, 0.717) is 0 Å². The van der Waals surface area contributed by atoms with Gasteiger partial charge in [0.05, 0.1) is 0 Å².